The Bertz CT molecular complexity index is 746. The van der Waals surface area contributed by atoms with E-state index in [4.69, 9.17) is 0 Å². The van der Waals surface area contributed by atoms with Crippen molar-refractivity contribution < 1.29 is 23.1 Å². The number of methoxy groups -OCH3 is 1. The maximum absolute atomic E-state index is 13.5. The molecule has 0 spiro atoms. The first kappa shape index (κ1) is 16.9. The van der Waals surface area contributed by atoms with E-state index in [0.29, 0.717) is 17.5 Å². The molecule has 1 aromatic heterocycles. The van der Waals surface area contributed by atoms with E-state index < -0.39 is 23.6 Å². The van der Waals surface area contributed by atoms with Crippen molar-refractivity contribution in [3.63, 3.8) is 0 Å². The van der Waals surface area contributed by atoms with Crippen LogP contribution in [0.15, 0.2) is 24.3 Å². The molecule has 0 saturated carbocycles. The highest BCUT2D eigenvalue weighted by Gasteiger charge is 2.18. The van der Waals surface area contributed by atoms with Crippen molar-refractivity contribution in [2.24, 2.45) is 0 Å². The molecule has 1 heterocycles. The number of aryl methyl sites for hydroxylation is 1. The number of thiophene rings is 1. The Labute approximate surface area is 135 Å². The van der Waals surface area contributed by atoms with Gasteiger partial charge >= 0.3 is 12.0 Å². The highest BCUT2D eigenvalue weighted by Crippen LogP contribution is 2.29. The number of carbonyl (C=O) groups excluding carboxylic acids is 2. The normalized spacial score (nSPS) is 10.3. The van der Waals surface area contributed by atoms with Crippen LogP contribution in [-0.4, -0.2) is 19.1 Å². The molecule has 0 unspecified atom stereocenters. The predicted octanol–water partition coefficient (Wildman–Crippen LogP) is 4.02. The van der Waals surface area contributed by atoms with Crippen LogP contribution in [0.3, 0.4) is 0 Å². The molecule has 8 heteroatoms. The topological polar surface area (TPSA) is 67.4 Å². The smallest absolute Gasteiger partial charge is 0.340 e. The molecule has 2 N–H and O–H groups in total. The molecule has 2 aromatic rings. The lowest BCUT2D eigenvalue weighted by molar-refractivity contribution is 0.0602. The second-order valence-corrected chi connectivity index (χ2v) is 5.64. The van der Waals surface area contributed by atoms with E-state index in [9.17, 15) is 18.4 Å². The van der Waals surface area contributed by atoms with Gasteiger partial charge in [-0.25, -0.2) is 18.4 Å². The first-order valence-corrected chi connectivity index (χ1v) is 7.50. The summed E-state index contributed by atoms with van der Waals surface area (Å²) in [6.45, 7) is 1.91. The van der Waals surface area contributed by atoms with E-state index in [2.05, 4.69) is 15.4 Å². The Morgan fingerprint density at radius 3 is 2.57 bits per heavy atom. The van der Waals surface area contributed by atoms with E-state index in [1.807, 2.05) is 6.92 Å². The molecule has 2 amide bonds. The Morgan fingerprint density at radius 1 is 1.22 bits per heavy atom. The van der Waals surface area contributed by atoms with E-state index in [1.165, 1.54) is 18.4 Å². The summed E-state index contributed by atoms with van der Waals surface area (Å²) in [6.07, 6.45) is 0.685. The molecule has 0 fully saturated rings. The lowest BCUT2D eigenvalue weighted by atomic mass is 10.2. The summed E-state index contributed by atoms with van der Waals surface area (Å²) in [4.78, 5) is 24.5. The number of anilines is 2. The van der Waals surface area contributed by atoms with E-state index >= 15 is 0 Å². The Kier molecular flexibility index (Phi) is 5.28. The van der Waals surface area contributed by atoms with Gasteiger partial charge in [0.05, 0.1) is 18.4 Å². The van der Waals surface area contributed by atoms with E-state index in [0.717, 1.165) is 17.0 Å². The highest BCUT2D eigenvalue weighted by atomic mass is 32.1. The van der Waals surface area contributed by atoms with Gasteiger partial charge in [0, 0.05) is 10.9 Å². The maximum Gasteiger partial charge on any atom is 0.340 e. The van der Waals surface area contributed by atoms with Gasteiger partial charge in [0.15, 0.2) is 0 Å². The summed E-state index contributed by atoms with van der Waals surface area (Å²) in [7, 11) is 1.24. The number of halogens is 2. The van der Waals surface area contributed by atoms with Crippen LogP contribution < -0.4 is 10.6 Å². The summed E-state index contributed by atoms with van der Waals surface area (Å²) in [6, 6.07) is 3.68. The van der Waals surface area contributed by atoms with E-state index in [-0.39, 0.29) is 11.3 Å². The number of nitrogens with one attached hydrogen (secondary N) is 2. The molecule has 0 saturated heterocycles. The second-order valence-electron chi connectivity index (χ2n) is 4.50. The molecule has 122 valence electrons. The van der Waals surface area contributed by atoms with Crippen molar-refractivity contribution in [1.82, 2.24) is 0 Å². The summed E-state index contributed by atoms with van der Waals surface area (Å²) in [5.74, 6) is -2.22. The Morgan fingerprint density at radius 2 is 1.96 bits per heavy atom. The lowest BCUT2D eigenvalue weighted by Crippen LogP contribution is -2.20. The molecule has 0 aliphatic carbocycles. The quantitative estimate of drug-likeness (QED) is 0.826. The van der Waals surface area contributed by atoms with Crippen LogP contribution in [0.2, 0.25) is 0 Å². The number of carbonyl (C=O) groups is 2. The third kappa shape index (κ3) is 4.04. The molecule has 1 aromatic carbocycles. The number of hydrogen-bond donors (Lipinski definition) is 2. The lowest BCUT2D eigenvalue weighted by Gasteiger charge is -2.08. The maximum atomic E-state index is 13.5. The molecule has 23 heavy (non-hydrogen) atoms. The van der Waals surface area contributed by atoms with Gasteiger partial charge in [-0.1, -0.05) is 6.92 Å². The largest absolute Gasteiger partial charge is 0.465 e. The average Bonchev–Trinajstić information content (AvgIpc) is 2.92. The fraction of sp³-hybridized carbons (Fsp3) is 0.200. The SMILES string of the molecule is CCc1cc(C(=O)OC)c(NC(=O)Nc2ccc(F)cc2F)s1. The van der Waals surface area contributed by atoms with E-state index in [1.54, 1.807) is 6.07 Å². The Hall–Kier alpha value is -2.48. The van der Waals surface area contributed by atoms with Crippen LogP contribution in [0, 0.1) is 11.6 Å². The van der Waals surface area contributed by atoms with Crippen molar-refractivity contribution in [3.05, 3.63) is 46.3 Å². The molecule has 0 bridgehead atoms. The number of hydrogen-bond acceptors (Lipinski definition) is 4. The minimum Gasteiger partial charge on any atom is -0.465 e. The monoisotopic (exact) mass is 340 g/mol. The number of ether oxygens (including phenoxy) is 1. The van der Waals surface area contributed by atoms with Crippen molar-refractivity contribution in [3.8, 4) is 0 Å². The summed E-state index contributed by atoms with van der Waals surface area (Å²) < 4.78 is 31.0. The van der Waals surface area contributed by atoms with Gasteiger partial charge in [0.25, 0.3) is 0 Å². The van der Waals surface area contributed by atoms with Gasteiger partial charge in [-0.2, -0.15) is 0 Å². The standard InChI is InChI=1S/C15H14F2N2O3S/c1-3-9-7-10(14(20)22-2)13(23-9)19-15(21)18-12-5-4-8(16)6-11(12)17/h4-7H,3H2,1-2H3,(H2,18,19,21). The zero-order chi connectivity index (χ0) is 17.0. The van der Waals surface area contributed by atoms with Gasteiger partial charge in [-0.3, -0.25) is 5.32 Å². The molecule has 0 aliphatic heterocycles. The van der Waals surface area contributed by atoms with Gasteiger partial charge in [0.1, 0.15) is 16.6 Å². The molecule has 0 aliphatic rings. The van der Waals surface area contributed by atoms with Gasteiger partial charge < -0.3 is 10.1 Å². The number of urea groups is 1. The second kappa shape index (κ2) is 7.19. The predicted molar refractivity (Wildman–Crippen MR) is 84.0 cm³/mol. The van der Waals surface area contributed by atoms with Gasteiger partial charge in [-0.15, -0.1) is 11.3 Å². The molecular weight excluding hydrogens is 326 g/mol. The van der Waals surface area contributed by atoms with Crippen LogP contribution in [0.25, 0.3) is 0 Å². The first-order valence-electron chi connectivity index (χ1n) is 6.68. The zero-order valence-electron chi connectivity index (χ0n) is 12.4. The zero-order valence-corrected chi connectivity index (χ0v) is 13.2. The summed E-state index contributed by atoms with van der Waals surface area (Å²) >= 11 is 1.22. The van der Waals surface area contributed by atoms with Crippen LogP contribution in [0.1, 0.15) is 22.2 Å². The van der Waals surface area contributed by atoms with Crippen LogP contribution in [-0.2, 0) is 11.2 Å². The van der Waals surface area contributed by atoms with Crippen molar-refractivity contribution in [2.45, 2.75) is 13.3 Å². The van der Waals surface area contributed by atoms with Crippen LogP contribution in [0.5, 0.6) is 0 Å². The van der Waals surface area contributed by atoms with Gasteiger partial charge in [0.2, 0.25) is 0 Å². The molecular formula is C15H14F2N2O3S. The third-order valence-electron chi connectivity index (χ3n) is 2.94. The molecule has 0 atom stereocenters. The van der Waals surface area contributed by atoms with Crippen LogP contribution in [0.4, 0.5) is 24.3 Å². The highest BCUT2D eigenvalue weighted by molar-refractivity contribution is 7.16. The number of esters is 1. The molecule has 0 radical (unpaired) electrons. The van der Waals surface area contributed by atoms with Crippen molar-refractivity contribution in [1.29, 1.82) is 0 Å². The first-order chi connectivity index (χ1) is 10.9. The molecule has 2 rings (SSSR count). The average molecular weight is 340 g/mol. The number of benzene rings is 1. The van der Waals surface area contributed by atoms with Crippen molar-refractivity contribution >= 4 is 34.0 Å². The fourth-order valence-electron chi connectivity index (χ4n) is 1.82. The summed E-state index contributed by atoms with van der Waals surface area (Å²) in [5.41, 5.74) is 0.0554. The van der Waals surface area contributed by atoms with Crippen LogP contribution >= 0.6 is 11.3 Å². The fourth-order valence-corrected chi connectivity index (χ4v) is 2.80. The minimum absolute atomic E-state index is 0.171. The third-order valence-corrected chi connectivity index (χ3v) is 4.14. The molecule has 5 nitrogen and oxygen atoms in total. The minimum atomic E-state index is -0.895. The van der Waals surface area contributed by atoms with Crippen molar-refractivity contribution in [2.75, 3.05) is 17.7 Å². The number of rotatable bonds is 4. The number of amides is 2. The van der Waals surface area contributed by atoms with Gasteiger partial charge in [-0.05, 0) is 24.6 Å². The summed E-state index contributed by atoms with van der Waals surface area (Å²) in [5, 5.41) is 5.04. The Balaban J connectivity index is 2.16.